The Kier molecular flexibility index (Phi) is 8.62. The van der Waals surface area contributed by atoms with Gasteiger partial charge in [0.1, 0.15) is 10.1 Å². The standard InChI is InChI=1S/C18H12Cl3S.C10H8O3S/c19-13-1-7-16(8-2-13)22(17-9-3-14(20)4-10-17)18-11-5-15(21)6-12-18;11-14(12,13)10-7-3-5-8-4-1-2-6-9(8)10/h1-12H;1-7H,(H,11,12,13)/q+1;/p-1. The van der Waals surface area contributed by atoms with Gasteiger partial charge in [-0.1, -0.05) is 71.2 Å². The predicted molar refractivity (Wildman–Crippen MR) is 148 cm³/mol. The summed E-state index contributed by atoms with van der Waals surface area (Å²) in [5.41, 5.74) is 0. The van der Waals surface area contributed by atoms with Gasteiger partial charge in [-0.2, -0.15) is 0 Å². The van der Waals surface area contributed by atoms with Gasteiger partial charge in [-0.05, 0) is 89.6 Å². The average molecular weight is 574 g/mol. The van der Waals surface area contributed by atoms with Gasteiger partial charge in [-0.15, -0.1) is 0 Å². The molecule has 0 spiro atoms. The molecule has 5 rings (SSSR count). The van der Waals surface area contributed by atoms with Gasteiger partial charge in [-0.25, -0.2) is 8.42 Å². The van der Waals surface area contributed by atoms with Gasteiger partial charge in [-0.3, -0.25) is 0 Å². The van der Waals surface area contributed by atoms with Crippen LogP contribution in [0.5, 0.6) is 0 Å². The molecule has 0 aliphatic heterocycles. The van der Waals surface area contributed by atoms with Gasteiger partial charge in [0.05, 0.1) is 15.8 Å². The molecule has 0 aromatic heterocycles. The van der Waals surface area contributed by atoms with Crippen LogP contribution in [-0.2, 0) is 21.0 Å². The van der Waals surface area contributed by atoms with Crippen LogP contribution in [0, 0.1) is 0 Å². The molecule has 0 heterocycles. The molecule has 0 radical (unpaired) electrons. The molecule has 0 N–H and O–H groups in total. The summed E-state index contributed by atoms with van der Waals surface area (Å²) in [7, 11) is -4.59. The maximum absolute atomic E-state index is 10.9. The van der Waals surface area contributed by atoms with E-state index in [2.05, 4.69) is 36.4 Å². The third-order valence-electron chi connectivity index (χ3n) is 5.17. The van der Waals surface area contributed by atoms with Gasteiger partial charge in [0.25, 0.3) is 0 Å². The molecule has 0 saturated heterocycles. The summed E-state index contributed by atoms with van der Waals surface area (Å²) in [6.45, 7) is 0. The van der Waals surface area contributed by atoms with Crippen molar-refractivity contribution in [2.45, 2.75) is 19.6 Å². The van der Waals surface area contributed by atoms with E-state index in [-0.39, 0.29) is 15.8 Å². The zero-order valence-electron chi connectivity index (χ0n) is 18.6. The fourth-order valence-electron chi connectivity index (χ4n) is 3.53. The quantitative estimate of drug-likeness (QED) is 0.160. The minimum absolute atomic E-state index is 0.157. The highest BCUT2D eigenvalue weighted by Gasteiger charge is 2.28. The monoisotopic (exact) mass is 572 g/mol. The zero-order chi connectivity index (χ0) is 25.7. The molecule has 0 bridgehead atoms. The Balaban J connectivity index is 0.000000187. The van der Waals surface area contributed by atoms with Crippen LogP contribution in [0.25, 0.3) is 10.8 Å². The second-order valence-corrected chi connectivity index (χ2v) is 12.3. The van der Waals surface area contributed by atoms with Crippen molar-refractivity contribution < 1.29 is 13.0 Å². The SMILES string of the molecule is Clc1ccc([S+](c2ccc(Cl)cc2)c2ccc(Cl)cc2)cc1.O=S(=O)([O-])c1cccc2ccccc12. The second-order valence-electron chi connectivity index (χ2n) is 7.60. The lowest BCUT2D eigenvalue weighted by atomic mass is 10.1. The Labute approximate surface area is 228 Å². The van der Waals surface area contributed by atoms with Gasteiger partial charge >= 0.3 is 0 Å². The van der Waals surface area contributed by atoms with Gasteiger partial charge < -0.3 is 4.55 Å². The average Bonchev–Trinajstić information content (AvgIpc) is 2.87. The van der Waals surface area contributed by atoms with Gasteiger partial charge in [0.2, 0.25) is 0 Å². The maximum atomic E-state index is 10.9. The largest absolute Gasteiger partial charge is 0.744 e. The first-order chi connectivity index (χ1) is 17.2. The third kappa shape index (κ3) is 6.62. The first-order valence-electron chi connectivity index (χ1n) is 10.7. The predicted octanol–water partition coefficient (Wildman–Crippen LogP) is 8.49. The van der Waals surface area contributed by atoms with Crippen molar-refractivity contribution in [2.24, 2.45) is 0 Å². The highest BCUT2D eigenvalue weighted by Crippen LogP contribution is 2.33. The lowest BCUT2D eigenvalue weighted by molar-refractivity contribution is 0.464. The minimum Gasteiger partial charge on any atom is -0.744 e. The van der Waals surface area contributed by atoms with Crippen LogP contribution in [-0.4, -0.2) is 13.0 Å². The smallest absolute Gasteiger partial charge is 0.166 e. The van der Waals surface area contributed by atoms with E-state index in [4.69, 9.17) is 34.8 Å². The number of hydrogen-bond donors (Lipinski definition) is 0. The van der Waals surface area contributed by atoms with E-state index in [1.54, 1.807) is 36.4 Å². The minimum atomic E-state index is -4.38. The van der Waals surface area contributed by atoms with Crippen LogP contribution < -0.4 is 0 Å². The Bertz CT molecular complexity index is 1460. The molecule has 0 unspecified atom stereocenters. The van der Waals surface area contributed by atoms with Crippen molar-refractivity contribution in [3.05, 3.63) is 130 Å². The Morgan fingerprint density at radius 2 is 0.917 bits per heavy atom. The Hall–Kier alpha value is -2.51. The lowest BCUT2D eigenvalue weighted by Crippen LogP contribution is -2.04. The number of halogens is 3. The first kappa shape index (κ1) is 26.6. The third-order valence-corrected chi connectivity index (χ3v) is 9.05. The topological polar surface area (TPSA) is 57.2 Å². The lowest BCUT2D eigenvalue weighted by Gasteiger charge is -2.09. The molecular weight excluding hydrogens is 555 g/mol. The van der Waals surface area contributed by atoms with Crippen molar-refractivity contribution in [1.82, 2.24) is 0 Å². The van der Waals surface area contributed by atoms with Crippen molar-refractivity contribution in [3.8, 4) is 0 Å². The molecule has 0 saturated carbocycles. The maximum Gasteiger partial charge on any atom is 0.166 e. The molecule has 182 valence electrons. The highest BCUT2D eigenvalue weighted by atomic mass is 35.5. The number of hydrogen-bond acceptors (Lipinski definition) is 3. The molecule has 5 aromatic rings. The summed E-state index contributed by atoms with van der Waals surface area (Å²) in [5, 5.41) is 3.44. The fraction of sp³-hybridized carbons (Fsp3) is 0. The summed E-state index contributed by atoms with van der Waals surface area (Å²) in [5.74, 6) is 0. The Morgan fingerprint density at radius 3 is 1.33 bits per heavy atom. The van der Waals surface area contributed by atoms with E-state index >= 15 is 0 Å². The van der Waals surface area contributed by atoms with Crippen molar-refractivity contribution >= 4 is 66.6 Å². The summed E-state index contributed by atoms with van der Waals surface area (Å²) in [6.07, 6.45) is 0. The van der Waals surface area contributed by atoms with Crippen LogP contribution in [0.15, 0.2) is 135 Å². The first-order valence-corrected chi connectivity index (χ1v) is 14.4. The molecule has 36 heavy (non-hydrogen) atoms. The molecule has 3 nitrogen and oxygen atoms in total. The van der Waals surface area contributed by atoms with E-state index in [1.165, 1.54) is 20.8 Å². The summed E-state index contributed by atoms with van der Waals surface area (Å²) >= 11 is 18.1. The van der Waals surface area contributed by atoms with Crippen molar-refractivity contribution in [2.75, 3.05) is 0 Å². The normalized spacial score (nSPS) is 11.2. The molecule has 0 aliphatic carbocycles. The van der Waals surface area contributed by atoms with Gasteiger partial charge in [0, 0.05) is 15.1 Å². The summed E-state index contributed by atoms with van der Waals surface area (Å²) in [4.78, 5) is 3.45. The van der Waals surface area contributed by atoms with Crippen LogP contribution in [0.3, 0.4) is 0 Å². The van der Waals surface area contributed by atoms with Crippen LogP contribution in [0.1, 0.15) is 0 Å². The second kappa shape index (κ2) is 11.7. The van der Waals surface area contributed by atoms with Crippen LogP contribution >= 0.6 is 34.8 Å². The number of rotatable bonds is 4. The molecule has 0 amide bonds. The molecule has 0 fully saturated rings. The van der Waals surface area contributed by atoms with Crippen LogP contribution in [0.2, 0.25) is 15.1 Å². The molecule has 8 heteroatoms. The van der Waals surface area contributed by atoms with Crippen molar-refractivity contribution in [3.63, 3.8) is 0 Å². The highest BCUT2D eigenvalue weighted by molar-refractivity contribution is 7.97. The van der Waals surface area contributed by atoms with Gasteiger partial charge in [0.15, 0.2) is 14.7 Å². The van der Waals surface area contributed by atoms with Crippen molar-refractivity contribution in [1.29, 1.82) is 0 Å². The number of benzene rings is 5. The van der Waals surface area contributed by atoms with E-state index in [0.29, 0.717) is 5.39 Å². The summed E-state index contributed by atoms with van der Waals surface area (Å²) in [6, 6.07) is 35.4. The van der Waals surface area contributed by atoms with E-state index < -0.39 is 10.1 Å². The summed E-state index contributed by atoms with van der Waals surface area (Å²) < 4.78 is 32.7. The van der Waals surface area contributed by atoms with Crippen LogP contribution in [0.4, 0.5) is 0 Å². The van der Waals surface area contributed by atoms with E-state index in [0.717, 1.165) is 20.5 Å². The molecule has 0 atom stereocenters. The Morgan fingerprint density at radius 1 is 0.528 bits per heavy atom. The van der Waals surface area contributed by atoms with E-state index in [9.17, 15) is 13.0 Å². The van der Waals surface area contributed by atoms with E-state index in [1.807, 2.05) is 36.4 Å². The molecule has 0 aliphatic rings. The number of fused-ring (bicyclic) bond motifs is 1. The molecular formula is C28H19Cl3O3S2. The zero-order valence-corrected chi connectivity index (χ0v) is 22.5. The molecule has 5 aromatic carbocycles. The fourth-order valence-corrected chi connectivity index (χ4v) is 6.65.